The molecule has 0 aliphatic carbocycles. The Bertz CT molecular complexity index is 497. The lowest BCUT2D eigenvalue weighted by molar-refractivity contribution is 0.355. The second kappa shape index (κ2) is 6.45. The molecule has 1 unspecified atom stereocenters. The fourth-order valence-corrected chi connectivity index (χ4v) is 3.08. The molecule has 1 N–H and O–H groups in total. The molecule has 0 aliphatic heterocycles. The van der Waals surface area contributed by atoms with E-state index in [1.807, 2.05) is 11.4 Å². The van der Waals surface area contributed by atoms with Crippen LogP contribution in [0.1, 0.15) is 26.2 Å². The molecule has 0 aliphatic rings. The third kappa shape index (κ3) is 3.40. The first-order valence-electron chi connectivity index (χ1n) is 6.03. The summed E-state index contributed by atoms with van der Waals surface area (Å²) in [6.07, 6.45) is 1.83. The molecule has 0 spiro atoms. The lowest BCUT2D eigenvalue weighted by Gasteiger charge is -2.12. The number of halogens is 1. The summed E-state index contributed by atoms with van der Waals surface area (Å²) in [6.45, 7) is 5.21. The van der Waals surface area contributed by atoms with E-state index in [2.05, 4.69) is 45.2 Å². The van der Waals surface area contributed by atoms with E-state index in [4.69, 9.17) is 4.52 Å². The Morgan fingerprint density at radius 2 is 2.33 bits per heavy atom. The molecule has 0 radical (unpaired) electrons. The van der Waals surface area contributed by atoms with E-state index in [0.29, 0.717) is 17.8 Å². The Morgan fingerprint density at radius 3 is 2.94 bits per heavy atom. The van der Waals surface area contributed by atoms with Crippen molar-refractivity contribution in [3.05, 3.63) is 21.8 Å². The minimum atomic E-state index is 0.401. The maximum absolute atomic E-state index is 5.30. The van der Waals surface area contributed by atoms with E-state index >= 15 is 0 Å². The molecule has 6 heteroatoms. The van der Waals surface area contributed by atoms with E-state index < -0.39 is 0 Å². The summed E-state index contributed by atoms with van der Waals surface area (Å²) in [6, 6.07) is 2.40. The van der Waals surface area contributed by atoms with Crippen LogP contribution in [-0.2, 0) is 6.42 Å². The van der Waals surface area contributed by atoms with Crippen molar-refractivity contribution in [1.82, 2.24) is 15.5 Å². The monoisotopic (exact) mass is 329 g/mol. The quantitative estimate of drug-likeness (QED) is 0.881. The van der Waals surface area contributed by atoms with Crippen molar-refractivity contribution in [2.24, 2.45) is 0 Å². The molecule has 0 saturated carbocycles. The van der Waals surface area contributed by atoms with Gasteiger partial charge in [-0.25, -0.2) is 0 Å². The van der Waals surface area contributed by atoms with Gasteiger partial charge >= 0.3 is 0 Å². The highest BCUT2D eigenvalue weighted by atomic mass is 79.9. The summed E-state index contributed by atoms with van der Waals surface area (Å²) in [5, 5.41) is 9.44. The molecule has 0 aromatic carbocycles. The van der Waals surface area contributed by atoms with E-state index in [1.165, 1.54) is 0 Å². The largest absolute Gasteiger partial charge is 0.339 e. The molecule has 0 bridgehead atoms. The number of hydrogen-bond acceptors (Lipinski definition) is 5. The van der Waals surface area contributed by atoms with Gasteiger partial charge in [0, 0.05) is 22.3 Å². The molecule has 4 nitrogen and oxygen atoms in total. The molecular formula is C12H16BrN3OS. The lowest BCUT2D eigenvalue weighted by atomic mass is 10.1. The summed E-state index contributed by atoms with van der Waals surface area (Å²) in [5.41, 5.74) is 0. The smallest absolute Gasteiger partial charge is 0.228 e. The van der Waals surface area contributed by atoms with Gasteiger partial charge < -0.3 is 9.84 Å². The van der Waals surface area contributed by atoms with Crippen LogP contribution in [-0.4, -0.2) is 22.7 Å². The standard InChI is InChI=1S/C12H16BrN3OS/c1-3-9(14-4-2)6-11-15-12(16-17-11)10-5-8(13)7-18-10/h5,7,9,14H,3-4,6H2,1-2H3. The van der Waals surface area contributed by atoms with Crippen LogP contribution >= 0.6 is 27.3 Å². The van der Waals surface area contributed by atoms with Crippen molar-refractivity contribution in [1.29, 1.82) is 0 Å². The van der Waals surface area contributed by atoms with Crippen LogP contribution in [0, 0.1) is 0 Å². The van der Waals surface area contributed by atoms with Gasteiger partial charge in [0.1, 0.15) is 0 Å². The third-order valence-electron chi connectivity index (χ3n) is 2.66. The van der Waals surface area contributed by atoms with E-state index in [-0.39, 0.29) is 0 Å². The van der Waals surface area contributed by atoms with Crippen molar-refractivity contribution in [3.8, 4) is 10.7 Å². The van der Waals surface area contributed by atoms with Crippen LogP contribution in [0.2, 0.25) is 0 Å². The Morgan fingerprint density at radius 1 is 1.50 bits per heavy atom. The Balaban J connectivity index is 2.06. The van der Waals surface area contributed by atoms with Crippen LogP contribution in [0.4, 0.5) is 0 Å². The summed E-state index contributed by atoms with van der Waals surface area (Å²) < 4.78 is 6.35. The fraction of sp³-hybridized carbons (Fsp3) is 0.500. The zero-order valence-electron chi connectivity index (χ0n) is 10.4. The number of aromatic nitrogens is 2. The fourth-order valence-electron chi connectivity index (χ4n) is 1.73. The van der Waals surface area contributed by atoms with Gasteiger partial charge in [-0.3, -0.25) is 0 Å². The van der Waals surface area contributed by atoms with Crippen LogP contribution in [0.5, 0.6) is 0 Å². The summed E-state index contributed by atoms with van der Waals surface area (Å²) >= 11 is 5.03. The first-order valence-corrected chi connectivity index (χ1v) is 7.70. The molecule has 0 fully saturated rings. The normalized spacial score (nSPS) is 12.8. The Hall–Kier alpha value is -0.720. The van der Waals surface area contributed by atoms with Gasteiger partial charge in [0.05, 0.1) is 4.88 Å². The molecule has 18 heavy (non-hydrogen) atoms. The van der Waals surface area contributed by atoms with Crippen LogP contribution in [0.25, 0.3) is 10.7 Å². The molecule has 2 aromatic rings. The zero-order valence-corrected chi connectivity index (χ0v) is 12.8. The molecule has 98 valence electrons. The highest BCUT2D eigenvalue weighted by Gasteiger charge is 2.14. The molecule has 1 atom stereocenters. The summed E-state index contributed by atoms with van der Waals surface area (Å²) in [4.78, 5) is 5.46. The Labute approximate surface area is 119 Å². The zero-order chi connectivity index (χ0) is 13.0. The van der Waals surface area contributed by atoms with Crippen molar-refractivity contribution < 1.29 is 4.52 Å². The van der Waals surface area contributed by atoms with Gasteiger partial charge in [-0.2, -0.15) is 4.98 Å². The van der Waals surface area contributed by atoms with E-state index in [0.717, 1.165) is 28.7 Å². The molecular weight excluding hydrogens is 314 g/mol. The average Bonchev–Trinajstić information content (AvgIpc) is 2.97. The lowest BCUT2D eigenvalue weighted by Crippen LogP contribution is -2.30. The Kier molecular flexibility index (Phi) is 4.91. The predicted octanol–water partition coefficient (Wildman–Crippen LogP) is 3.49. The first-order chi connectivity index (χ1) is 8.72. The topological polar surface area (TPSA) is 51.0 Å². The first kappa shape index (κ1) is 13.7. The maximum Gasteiger partial charge on any atom is 0.228 e. The SMILES string of the molecule is CCNC(CC)Cc1nc(-c2cc(Br)cs2)no1. The third-order valence-corrected chi connectivity index (χ3v) is 4.35. The van der Waals surface area contributed by atoms with Crippen molar-refractivity contribution in [2.75, 3.05) is 6.54 Å². The number of likely N-dealkylation sites (N-methyl/N-ethyl adjacent to an activating group) is 1. The van der Waals surface area contributed by atoms with Crippen LogP contribution < -0.4 is 5.32 Å². The highest BCUT2D eigenvalue weighted by molar-refractivity contribution is 9.10. The molecule has 0 amide bonds. The molecule has 2 rings (SSSR count). The van der Waals surface area contributed by atoms with Crippen LogP contribution in [0.15, 0.2) is 20.4 Å². The van der Waals surface area contributed by atoms with Crippen molar-refractivity contribution in [3.63, 3.8) is 0 Å². The van der Waals surface area contributed by atoms with Gasteiger partial charge in [0.2, 0.25) is 11.7 Å². The number of hydrogen-bond donors (Lipinski definition) is 1. The summed E-state index contributed by atoms with van der Waals surface area (Å²) in [5.74, 6) is 1.37. The average molecular weight is 330 g/mol. The number of nitrogens with zero attached hydrogens (tertiary/aromatic N) is 2. The molecule has 0 saturated heterocycles. The predicted molar refractivity (Wildman–Crippen MR) is 76.8 cm³/mol. The minimum Gasteiger partial charge on any atom is -0.339 e. The van der Waals surface area contributed by atoms with Gasteiger partial charge in [0.25, 0.3) is 0 Å². The van der Waals surface area contributed by atoms with E-state index in [9.17, 15) is 0 Å². The minimum absolute atomic E-state index is 0.401. The van der Waals surface area contributed by atoms with Gasteiger partial charge in [-0.1, -0.05) is 19.0 Å². The van der Waals surface area contributed by atoms with Crippen molar-refractivity contribution in [2.45, 2.75) is 32.7 Å². The van der Waals surface area contributed by atoms with Crippen molar-refractivity contribution >= 4 is 27.3 Å². The molecule has 2 heterocycles. The molecule has 2 aromatic heterocycles. The maximum atomic E-state index is 5.30. The second-order valence-corrected chi connectivity index (χ2v) is 5.83. The number of rotatable bonds is 6. The number of thiophene rings is 1. The van der Waals surface area contributed by atoms with Crippen LogP contribution in [0.3, 0.4) is 0 Å². The highest BCUT2D eigenvalue weighted by Crippen LogP contribution is 2.27. The van der Waals surface area contributed by atoms with Gasteiger partial charge in [0.15, 0.2) is 0 Å². The van der Waals surface area contributed by atoms with Gasteiger partial charge in [-0.05, 0) is 35.0 Å². The second-order valence-electron chi connectivity index (χ2n) is 4.01. The summed E-state index contributed by atoms with van der Waals surface area (Å²) in [7, 11) is 0. The van der Waals surface area contributed by atoms with Gasteiger partial charge in [-0.15, -0.1) is 11.3 Å². The number of nitrogens with one attached hydrogen (secondary N) is 1. The van der Waals surface area contributed by atoms with E-state index in [1.54, 1.807) is 11.3 Å².